The number of hydrogen-bond donors (Lipinski definition) is 1. The van der Waals surface area contributed by atoms with E-state index < -0.39 is 12.1 Å². The second-order valence-corrected chi connectivity index (χ2v) is 4.22. The molecule has 1 unspecified atom stereocenters. The normalized spacial score (nSPS) is 18.9. The maximum Gasteiger partial charge on any atom is 0.346 e. The minimum Gasteiger partial charge on any atom is -0.507 e. The van der Waals surface area contributed by atoms with Crippen LogP contribution in [-0.4, -0.2) is 23.0 Å². The molecule has 0 aromatic heterocycles. The highest BCUT2D eigenvalue weighted by molar-refractivity contribution is 6.19. The van der Waals surface area contributed by atoms with E-state index in [1.165, 1.54) is 6.92 Å². The van der Waals surface area contributed by atoms with Gasteiger partial charge in [-0.05, 0) is 18.9 Å². The van der Waals surface area contributed by atoms with E-state index in [2.05, 4.69) is 0 Å². The number of Topliss-reactive ketones (excluding diaryl/α,β-unsaturated/α-hetero) is 1. The van der Waals surface area contributed by atoms with Crippen LogP contribution in [0, 0.1) is 0 Å². The van der Waals surface area contributed by atoms with Gasteiger partial charge in [0.25, 0.3) is 0 Å². The van der Waals surface area contributed by atoms with Crippen LogP contribution in [0.5, 0.6) is 0 Å². The Hall–Kier alpha value is -2.10. The van der Waals surface area contributed by atoms with Crippen molar-refractivity contribution in [1.82, 2.24) is 0 Å². The van der Waals surface area contributed by atoms with Gasteiger partial charge in [0.15, 0.2) is 17.6 Å². The monoisotopic (exact) mass is 246 g/mol. The Morgan fingerprint density at radius 1 is 1.33 bits per heavy atom. The number of aryl methyl sites for hydroxylation is 1. The highest BCUT2D eigenvalue weighted by Gasteiger charge is 2.35. The van der Waals surface area contributed by atoms with Crippen LogP contribution in [0.4, 0.5) is 0 Å². The molecule has 0 bridgehead atoms. The van der Waals surface area contributed by atoms with Crippen LogP contribution in [0.15, 0.2) is 41.7 Å². The predicted molar refractivity (Wildman–Crippen MR) is 65.0 cm³/mol. The van der Waals surface area contributed by atoms with Gasteiger partial charge in [0, 0.05) is 6.42 Å². The van der Waals surface area contributed by atoms with Gasteiger partial charge in [0.05, 0.1) is 0 Å². The van der Waals surface area contributed by atoms with Crippen LogP contribution >= 0.6 is 0 Å². The van der Waals surface area contributed by atoms with Gasteiger partial charge in [-0.3, -0.25) is 4.79 Å². The SMILES string of the molecule is CC1OC(=O)C(C(=O)CCc2ccccc2)=C1O. The largest absolute Gasteiger partial charge is 0.507 e. The number of ether oxygens (including phenoxy) is 1. The minimum absolute atomic E-state index is 0.186. The fourth-order valence-corrected chi connectivity index (χ4v) is 1.87. The molecule has 94 valence electrons. The fraction of sp³-hybridized carbons (Fsp3) is 0.286. The summed E-state index contributed by atoms with van der Waals surface area (Å²) in [5.41, 5.74) is 0.823. The van der Waals surface area contributed by atoms with Gasteiger partial charge >= 0.3 is 5.97 Å². The Morgan fingerprint density at radius 2 is 2.00 bits per heavy atom. The average Bonchev–Trinajstić information content (AvgIpc) is 2.62. The summed E-state index contributed by atoms with van der Waals surface area (Å²) in [6.07, 6.45) is 0.0109. The topological polar surface area (TPSA) is 63.6 Å². The second-order valence-electron chi connectivity index (χ2n) is 4.22. The lowest BCUT2D eigenvalue weighted by molar-refractivity contribution is -0.140. The first-order chi connectivity index (χ1) is 8.59. The number of carbonyl (C=O) groups is 2. The Kier molecular flexibility index (Phi) is 3.46. The maximum absolute atomic E-state index is 11.9. The summed E-state index contributed by atoms with van der Waals surface area (Å²) in [5, 5.41) is 9.61. The van der Waals surface area contributed by atoms with Crippen LogP contribution < -0.4 is 0 Å². The zero-order valence-electron chi connectivity index (χ0n) is 10.1. The van der Waals surface area contributed by atoms with Crippen LogP contribution in [-0.2, 0) is 20.7 Å². The molecule has 1 atom stereocenters. The first-order valence-corrected chi connectivity index (χ1v) is 5.81. The Balaban J connectivity index is 2.03. The van der Waals surface area contributed by atoms with Crippen molar-refractivity contribution in [2.45, 2.75) is 25.9 Å². The van der Waals surface area contributed by atoms with E-state index in [1.807, 2.05) is 30.3 Å². The molecule has 0 aliphatic carbocycles. The van der Waals surface area contributed by atoms with Gasteiger partial charge < -0.3 is 9.84 Å². The number of cyclic esters (lactones) is 1. The molecule has 1 aromatic carbocycles. The van der Waals surface area contributed by atoms with Crippen LogP contribution in [0.2, 0.25) is 0 Å². The molecule has 1 aliphatic heterocycles. The zero-order valence-corrected chi connectivity index (χ0v) is 10.1. The summed E-state index contributed by atoms with van der Waals surface area (Å²) >= 11 is 0. The van der Waals surface area contributed by atoms with Crippen LogP contribution in [0.25, 0.3) is 0 Å². The third kappa shape index (κ3) is 2.42. The number of aliphatic hydroxyl groups excluding tert-OH is 1. The van der Waals surface area contributed by atoms with Gasteiger partial charge in [0.1, 0.15) is 5.57 Å². The number of aliphatic hydroxyl groups is 1. The highest BCUT2D eigenvalue weighted by atomic mass is 16.6. The van der Waals surface area contributed by atoms with E-state index in [4.69, 9.17) is 4.74 Å². The maximum atomic E-state index is 11.9. The molecule has 0 fully saturated rings. The van der Waals surface area contributed by atoms with Crippen molar-refractivity contribution in [1.29, 1.82) is 0 Å². The molecule has 1 heterocycles. The third-order valence-corrected chi connectivity index (χ3v) is 2.89. The summed E-state index contributed by atoms with van der Waals surface area (Å²) in [6, 6.07) is 9.51. The molecule has 18 heavy (non-hydrogen) atoms. The van der Waals surface area contributed by atoms with Crippen molar-refractivity contribution >= 4 is 11.8 Å². The first-order valence-electron chi connectivity index (χ1n) is 5.81. The van der Waals surface area contributed by atoms with Crippen molar-refractivity contribution in [3.05, 3.63) is 47.2 Å². The third-order valence-electron chi connectivity index (χ3n) is 2.89. The first kappa shape index (κ1) is 12.4. The van der Waals surface area contributed by atoms with Crippen LogP contribution in [0.1, 0.15) is 18.9 Å². The molecule has 0 saturated heterocycles. The van der Waals surface area contributed by atoms with E-state index in [0.717, 1.165) is 5.56 Å². The van der Waals surface area contributed by atoms with Gasteiger partial charge in [-0.15, -0.1) is 0 Å². The van der Waals surface area contributed by atoms with Gasteiger partial charge in [0.2, 0.25) is 0 Å². The molecule has 4 nitrogen and oxygen atoms in total. The average molecular weight is 246 g/mol. The fourth-order valence-electron chi connectivity index (χ4n) is 1.87. The standard InChI is InChI=1S/C14H14O4/c1-9-13(16)12(14(17)18-9)11(15)8-7-10-5-3-2-4-6-10/h2-6,9,16H,7-8H2,1H3. The smallest absolute Gasteiger partial charge is 0.346 e. The molecule has 4 heteroatoms. The number of hydrogen-bond acceptors (Lipinski definition) is 4. The van der Waals surface area contributed by atoms with E-state index in [1.54, 1.807) is 0 Å². The predicted octanol–water partition coefficient (Wildman–Crippen LogP) is 1.95. The minimum atomic E-state index is -0.724. The number of ketones is 1. The molecule has 0 spiro atoms. The highest BCUT2D eigenvalue weighted by Crippen LogP contribution is 2.22. The Bertz CT molecular complexity index is 502. The van der Waals surface area contributed by atoms with Gasteiger partial charge in [-0.2, -0.15) is 0 Å². The molecule has 1 N–H and O–H groups in total. The lowest BCUT2D eigenvalue weighted by Gasteiger charge is -2.00. The van der Waals surface area contributed by atoms with Gasteiger partial charge in [-0.25, -0.2) is 4.79 Å². The Labute approximate surface area is 105 Å². The Morgan fingerprint density at radius 3 is 2.56 bits per heavy atom. The van der Waals surface area contributed by atoms with Crippen molar-refractivity contribution in [3.8, 4) is 0 Å². The summed E-state index contributed by atoms with van der Waals surface area (Å²) in [4.78, 5) is 23.3. The number of esters is 1. The number of benzene rings is 1. The second kappa shape index (κ2) is 5.04. The molecule has 0 amide bonds. The van der Waals surface area contributed by atoms with Crippen molar-refractivity contribution in [2.24, 2.45) is 0 Å². The summed E-state index contributed by atoms with van der Waals surface area (Å²) < 4.78 is 4.78. The molecule has 2 rings (SSSR count). The van der Waals surface area contributed by atoms with Crippen LogP contribution in [0.3, 0.4) is 0 Å². The molecular weight excluding hydrogens is 232 g/mol. The van der Waals surface area contributed by atoms with Crippen molar-refractivity contribution in [3.63, 3.8) is 0 Å². The summed E-state index contributed by atoms with van der Waals surface area (Å²) in [5.74, 6) is -1.35. The lowest BCUT2D eigenvalue weighted by atomic mass is 10.0. The quantitative estimate of drug-likeness (QED) is 0.651. The lowest BCUT2D eigenvalue weighted by Crippen LogP contribution is -2.12. The van der Waals surface area contributed by atoms with Gasteiger partial charge in [-0.1, -0.05) is 30.3 Å². The van der Waals surface area contributed by atoms with E-state index in [0.29, 0.717) is 6.42 Å². The molecule has 0 saturated carbocycles. The molecule has 1 aromatic rings. The zero-order chi connectivity index (χ0) is 13.1. The molecule has 0 radical (unpaired) electrons. The molecule has 1 aliphatic rings. The number of carbonyl (C=O) groups excluding carboxylic acids is 2. The van der Waals surface area contributed by atoms with E-state index in [9.17, 15) is 14.7 Å². The number of rotatable bonds is 4. The molecular formula is C14H14O4. The van der Waals surface area contributed by atoms with Crippen molar-refractivity contribution < 1.29 is 19.4 Å². The summed E-state index contributed by atoms with van der Waals surface area (Å²) in [6.45, 7) is 1.53. The van der Waals surface area contributed by atoms with Crippen molar-refractivity contribution in [2.75, 3.05) is 0 Å². The summed E-state index contributed by atoms with van der Waals surface area (Å²) in [7, 11) is 0. The van der Waals surface area contributed by atoms with E-state index >= 15 is 0 Å². The van der Waals surface area contributed by atoms with E-state index in [-0.39, 0.29) is 23.5 Å².